The lowest BCUT2D eigenvalue weighted by atomic mass is 10.0. The Morgan fingerprint density at radius 1 is 1.33 bits per heavy atom. The summed E-state index contributed by atoms with van der Waals surface area (Å²) in [7, 11) is 0. The van der Waals surface area contributed by atoms with Gasteiger partial charge < -0.3 is 10.3 Å². The molecule has 2 aromatic heterocycles. The molecular weight excluding hydrogens is 224 g/mol. The van der Waals surface area contributed by atoms with Gasteiger partial charge in [-0.3, -0.25) is 4.98 Å². The summed E-state index contributed by atoms with van der Waals surface area (Å²) in [5, 5.41) is 0. The maximum absolute atomic E-state index is 5.59. The maximum atomic E-state index is 5.59. The molecule has 18 heavy (non-hydrogen) atoms. The lowest BCUT2D eigenvalue weighted by Crippen LogP contribution is -2.10. The molecule has 2 rings (SSSR count). The number of nitrogens with zero attached hydrogens (tertiary/aromatic N) is 3. The van der Waals surface area contributed by atoms with Gasteiger partial charge >= 0.3 is 0 Å². The van der Waals surface area contributed by atoms with Gasteiger partial charge in [0.05, 0.1) is 11.7 Å². The van der Waals surface area contributed by atoms with Crippen molar-refractivity contribution < 1.29 is 0 Å². The summed E-state index contributed by atoms with van der Waals surface area (Å²) in [5.74, 6) is 1.59. The summed E-state index contributed by atoms with van der Waals surface area (Å²) in [4.78, 5) is 8.90. The molecule has 98 valence electrons. The molecule has 0 saturated carbocycles. The highest BCUT2D eigenvalue weighted by Crippen LogP contribution is 2.27. The SMILES string of the molecule is CC(CCCN)c1nc2cnccc2n1C(C)C. The summed E-state index contributed by atoms with van der Waals surface area (Å²) in [5.41, 5.74) is 7.75. The number of nitrogens with two attached hydrogens (primary N) is 1. The third-order valence-electron chi connectivity index (χ3n) is 3.32. The molecule has 2 aromatic rings. The fourth-order valence-corrected chi connectivity index (χ4v) is 2.41. The Hall–Kier alpha value is -1.42. The van der Waals surface area contributed by atoms with E-state index in [0.29, 0.717) is 12.0 Å². The summed E-state index contributed by atoms with van der Waals surface area (Å²) in [6.45, 7) is 7.36. The molecule has 0 aliphatic heterocycles. The summed E-state index contributed by atoms with van der Waals surface area (Å²) in [6.07, 6.45) is 5.80. The van der Waals surface area contributed by atoms with Crippen LogP contribution in [0.5, 0.6) is 0 Å². The Morgan fingerprint density at radius 2 is 2.11 bits per heavy atom. The first kappa shape index (κ1) is 13.0. The molecule has 4 heteroatoms. The van der Waals surface area contributed by atoms with Gasteiger partial charge in [0.1, 0.15) is 11.3 Å². The normalized spacial score (nSPS) is 13.4. The van der Waals surface area contributed by atoms with Gasteiger partial charge in [-0.2, -0.15) is 0 Å². The molecule has 4 nitrogen and oxygen atoms in total. The van der Waals surface area contributed by atoms with Crippen molar-refractivity contribution in [2.24, 2.45) is 5.73 Å². The highest BCUT2D eigenvalue weighted by Gasteiger charge is 2.17. The van der Waals surface area contributed by atoms with Crippen molar-refractivity contribution in [3.63, 3.8) is 0 Å². The van der Waals surface area contributed by atoms with Gasteiger partial charge in [0.15, 0.2) is 0 Å². The van der Waals surface area contributed by atoms with Crippen LogP contribution in [0.2, 0.25) is 0 Å². The van der Waals surface area contributed by atoms with Crippen LogP contribution in [0.15, 0.2) is 18.5 Å². The number of rotatable bonds is 5. The average molecular weight is 246 g/mol. The highest BCUT2D eigenvalue weighted by molar-refractivity contribution is 5.75. The Kier molecular flexibility index (Phi) is 3.97. The van der Waals surface area contributed by atoms with Crippen LogP contribution in [0.3, 0.4) is 0 Å². The number of imidazole rings is 1. The third kappa shape index (κ3) is 2.38. The summed E-state index contributed by atoms with van der Waals surface area (Å²) in [6, 6.07) is 2.45. The second-order valence-electron chi connectivity index (χ2n) is 5.13. The van der Waals surface area contributed by atoms with Gasteiger partial charge in [0, 0.05) is 18.2 Å². The number of fused-ring (bicyclic) bond motifs is 1. The van der Waals surface area contributed by atoms with Crippen LogP contribution in [0.25, 0.3) is 11.0 Å². The van der Waals surface area contributed by atoms with E-state index in [0.717, 1.165) is 30.7 Å². The van der Waals surface area contributed by atoms with Crippen LogP contribution in [-0.2, 0) is 0 Å². The maximum Gasteiger partial charge on any atom is 0.113 e. The first-order valence-electron chi connectivity index (χ1n) is 6.67. The number of pyridine rings is 1. The Labute approximate surface area is 108 Å². The van der Waals surface area contributed by atoms with Gasteiger partial charge in [0.25, 0.3) is 0 Å². The lowest BCUT2D eigenvalue weighted by molar-refractivity contribution is 0.526. The van der Waals surface area contributed by atoms with Gasteiger partial charge in [0.2, 0.25) is 0 Å². The Balaban J connectivity index is 2.45. The highest BCUT2D eigenvalue weighted by atomic mass is 15.1. The molecule has 1 unspecified atom stereocenters. The zero-order valence-corrected chi connectivity index (χ0v) is 11.4. The first-order valence-corrected chi connectivity index (χ1v) is 6.67. The quantitative estimate of drug-likeness (QED) is 0.882. The van der Waals surface area contributed by atoms with Gasteiger partial charge in [-0.25, -0.2) is 4.98 Å². The monoisotopic (exact) mass is 246 g/mol. The van der Waals surface area contributed by atoms with Gasteiger partial charge in [-0.15, -0.1) is 0 Å². The van der Waals surface area contributed by atoms with Crippen LogP contribution in [0.4, 0.5) is 0 Å². The fraction of sp³-hybridized carbons (Fsp3) is 0.571. The smallest absolute Gasteiger partial charge is 0.113 e. The summed E-state index contributed by atoms with van der Waals surface area (Å²) < 4.78 is 2.32. The zero-order chi connectivity index (χ0) is 13.1. The van der Waals surface area contributed by atoms with Crippen LogP contribution in [0.1, 0.15) is 51.4 Å². The second kappa shape index (κ2) is 5.48. The molecule has 0 aliphatic rings. The second-order valence-corrected chi connectivity index (χ2v) is 5.13. The molecule has 0 bridgehead atoms. The molecule has 0 aliphatic carbocycles. The first-order chi connectivity index (χ1) is 8.65. The standard InChI is InChI=1S/C14H22N4/c1-10(2)18-13-6-8-16-9-12(13)17-14(18)11(3)5-4-7-15/h6,8-11H,4-5,7,15H2,1-3H3. The average Bonchev–Trinajstić information content (AvgIpc) is 2.75. The third-order valence-corrected chi connectivity index (χ3v) is 3.32. The molecule has 0 amide bonds. The van der Waals surface area contributed by atoms with E-state index in [-0.39, 0.29) is 0 Å². The molecule has 1 atom stereocenters. The fourth-order valence-electron chi connectivity index (χ4n) is 2.41. The topological polar surface area (TPSA) is 56.7 Å². The lowest BCUT2D eigenvalue weighted by Gasteiger charge is -2.17. The van der Waals surface area contributed by atoms with E-state index in [9.17, 15) is 0 Å². The molecule has 2 heterocycles. The predicted molar refractivity (Wildman–Crippen MR) is 74.6 cm³/mol. The van der Waals surface area contributed by atoms with Crippen molar-refractivity contribution in [2.75, 3.05) is 6.54 Å². The zero-order valence-electron chi connectivity index (χ0n) is 11.4. The molecule has 2 N–H and O–H groups in total. The minimum atomic E-state index is 0.410. The predicted octanol–water partition coefficient (Wildman–Crippen LogP) is 2.85. The van der Waals surface area contributed by atoms with Crippen molar-refractivity contribution in [3.8, 4) is 0 Å². The molecule has 0 spiro atoms. The van der Waals surface area contributed by atoms with Crippen LogP contribution >= 0.6 is 0 Å². The van der Waals surface area contributed by atoms with E-state index in [1.165, 1.54) is 5.52 Å². The van der Waals surface area contributed by atoms with Crippen molar-refractivity contribution in [3.05, 3.63) is 24.3 Å². The van der Waals surface area contributed by atoms with Crippen molar-refractivity contribution in [1.29, 1.82) is 0 Å². The number of aromatic nitrogens is 3. The van der Waals surface area contributed by atoms with Crippen molar-refractivity contribution >= 4 is 11.0 Å². The van der Waals surface area contributed by atoms with E-state index in [1.807, 2.05) is 18.5 Å². The molecule has 0 radical (unpaired) electrons. The van der Waals surface area contributed by atoms with E-state index < -0.39 is 0 Å². The van der Waals surface area contributed by atoms with Gasteiger partial charge in [-0.1, -0.05) is 6.92 Å². The molecule has 0 aromatic carbocycles. The minimum absolute atomic E-state index is 0.410. The Bertz CT molecular complexity index is 515. The van der Waals surface area contributed by atoms with Gasteiger partial charge in [-0.05, 0) is 39.3 Å². The van der Waals surface area contributed by atoms with E-state index >= 15 is 0 Å². The van der Waals surface area contributed by atoms with E-state index in [1.54, 1.807) is 0 Å². The van der Waals surface area contributed by atoms with Crippen LogP contribution in [0, 0.1) is 0 Å². The number of hydrogen-bond acceptors (Lipinski definition) is 3. The van der Waals surface area contributed by atoms with E-state index in [2.05, 4.69) is 30.3 Å². The number of hydrogen-bond donors (Lipinski definition) is 1. The van der Waals surface area contributed by atoms with E-state index in [4.69, 9.17) is 10.7 Å². The van der Waals surface area contributed by atoms with Crippen molar-refractivity contribution in [2.45, 2.75) is 45.6 Å². The largest absolute Gasteiger partial charge is 0.330 e. The Morgan fingerprint density at radius 3 is 2.78 bits per heavy atom. The van der Waals surface area contributed by atoms with Crippen LogP contribution in [-0.4, -0.2) is 21.1 Å². The summed E-state index contributed by atoms with van der Waals surface area (Å²) >= 11 is 0. The van der Waals surface area contributed by atoms with Crippen molar-refractivity contribution in [1.82, 2.24) is 14.5 Å². The van der Waals surface area contributed by atoms with Crippen LogP contribution < -0.4 is 5.73 Å². The molecule has 0 fully saturated rings. The molecular formula is C14H22N4. The molecule has 0 saturated heterocycles. The minimum Gasteiger partial charge on any atom is -0.330 e.